The molecule has 1 aliphatic rings. The molecule has 6 heteroatoms. The van der Waals surface area contributed by atoms with Crippen molar-refractivity contribution in [1.82, 2.24) is 15.0 Å². The van der Waals surface area contributed by atoms with Crippen molar-refractivity contribution >= 4 is 5.91 Å². The highest BCUT2D eigenvalue weighted by atomic mass is 16.5. The first-order valence-electron chi connectivity index (χ1n) is 9.90. The highest BCUT2D eigenvalue weighted by molar-refractivity contribution is 5.88. The molecule has 150 valence electrons. The third kappa shape index (κ3) is 3.75. The van der Waals surface area contributed by atoms with E-state index in [2.05, 4.69) is 22.3 Å². The third-order valence-corrected chi connectivity index (χ3v) is 5.71. The molecule has 0 N–H and O–H groups in total. The van der Waals surface area contributed by atoms with Gasteiger partial charge in [0, 0.05) is 12.6 Å². The number of methoxy groups -OCH3 is 1. The Bertz CT molecular complexity index is 978. The van der Waals surface area contributed by atoms with Crippen molar-refractivity contribution in [1.29, 1.82) is 0 Å². The number of hydrogen-bond donors (Lipinski definition) is 0. The minimum atomic E-state index is -0.453. The second-order valence-corrected chi connectivity index (χ2v) is 7.56. The van der Waals surface area contributed by atoms with E-state index in [4.69, 9.17) is 9.26 Å². The smallest absolute Gasteiger partial charge is 0.246 e. The van der Waals surface area contributed by atoms with Crippen LogP contribution in [0, 0.1) is 0 Å². The highest BCUT2D eigenvalue weighted by Crippen LogP contribution is 2.42. The predicted molar refractivity (Wildman–Crippen MR) is 109 cm³/mol. The van der Waals surface area contributed by atoms with Gasteiger partial charge in [0.25, 0.3) is 0 Å². The van der Waals surface area contributed by atoms with Gasteiger partial charge in [-0.05, 0) is 30.5 Å². The van der Waals surface area contributed by atoms with Crippen LogP contribution >= 0.6 is 0 Å². The predicted octanol–water partition coefficient (Wildman–Crippen LogP) is 4.22. The molecule has 0 saturated heterocycles. The first kappa shape index (κ1) is 19.2. The highest BCUT2D eigenvalue weighted by Gasteiger charge is 2.44. The van der Waals surface area contributed by atoms with E-state index in [1.54, 1.807) is 19.1 Å². The van der Waals surface area contributed by atoms with Crippen LogP contribution in [0.4, 0.5) is 0 Å². The van der Waals surface area contributed by atoms with Crippen LogP contribution in [0.25, 0.3) is 11.4 Å². The largest absolute Gasteiger partial charge is 0.497 e. The van der Waals surface area contributed by atoms with Gasteiger partial charge in [-0.3, -0.25) is 4.79 Å². The molecule has 1 fully saturated rings. The lowest BCUT2D eigenvalue weighted by Gasteiger charge is -2.32. The number of carbonyl (C=O) groups is 1. The quantitative estimate of drug-likeness (QED) is 0.629. The van der Waals surface area contributed by atoms with Crippen molar-refractivity contribution in [2.45, 2.75) is 37.6 Å². The van der Waals surface area contributed by atoms with Crippen LogP contribution in [-0.4, -0.2) is 35.1 Å². The van der Waals surface area contributed by atoms with Gasteiger partial charge in [-0.15, -0.1) is 0 Å². The topological polar surface area (TPSA) is 68.5 Å². The summed E-state index contributed by atoms with van der Waals surface area (Å²) in [6, 6.07) is 17.6. The number of amides is 1. The molecule has 0 unspecified atom stereocenters. The fraction of sp³-hybridized carbons (Fsp3) is 0.348. The molecule has 1 heterocycles. The Morgan fingerprint density at radius 2 is 1.90 bits per heavy atom. The number of aromatic nitrogens is 2. The first-order chi connectivity index (χ1) is 14.1. The minimum Gasteiger partial charge on any atom is -0.497 e. The van der Waals surface area contributed by atoms with E-state index >= 15 is 0 Å². The number of hydrogen-bond acceptors (Lipinski definition) is 5. The van der Waals surface area contributed by atoms with Crippen LogP contribution in [0.3, 0.4) is 0 Å². The van der Waals surface area contributed by atoms with Gasteiger partial charge in [-0.2, -0.15) is 4.98 Å². The fourth-order valence-corrected chi connectivity index (χ4v) is 4.20. The van der Waals surface area contributed by atoms with Gasteiger partial charge in [0.05, 0.1) is 19.1 Å². The summed E-state index contributed by atoms with van der Waals surface area (Å²) in [6.07, 6.45) is 3.88. The van der Waals surface area contributed by atoms with Gasteiger partial charge >= 0.3 is 0 Å². The molecule has 1 aromatic heterocycles. The van der Waals surface area contributed by atoms with E-state index in [1.807, 2.05) is 42.5 Å². The molecule has 2 aromatic carbocycles. The zero-order valence-corrected chi connectivity index (χ0v) is 16.8. The van der Waals surface area contributed by atoms with Crippen molar-refractivity contribution in [3.63, 3.8) is 0 Å². The van der Waals surface area contributed by atoms with E-state index in [-0.39, 0.29) is 12.5 Å². The summed E-state index contributed by atoms with van der Waals surface area (Å²) >= 11 is 0. The lowest BCUT2D eigenvalue weighted by Crippen LogP contribution is -2.43. The van der Waals surface area contributed by atoms with E-state index in [9.17, 15) is 4.79 Å². The Morgan fingerprint density at radius 3 is 2.62 bits per heavy atom. The van der Waals surface area contributed by atoms with Crippen molar-refractivity contribution < 1.29 is 14.1 Å². The molecule has 0 spiro atoms. The van der Waals surface area contributed by atoms with Crippen LogP contribution in [0.2, 0.25) is 0 Å². The van der Waals surface area contributed by atoms with Crippen molar-refractivity contribution in [2.75, 3.05) is 14.2 Å². The number of ether oxygens (including phenoxy) is 1. The van der Waals surface area contributed by atoms with Gasteiger partial charge in [-0.25, -0.2) is 0 Å². The standard InChI is InChI=1S/C23H25N3O3/c1-26(22(27)23(13-6-7-14-23)18-10-4-3-5-11-18)16-20-24-21(25-29-20)17-9-8-12-19(15-17)28-2/h3-5,8-12,15H,6-7,13-14,16H2,1-2H3. The Labute approximate surface area is 170 Å². The molecule has 1 saturated carbocycles. The lowest BCUT2D eigenvalue weighted by molar-refractivity contribution is -0.136. The Morgan fingerprint density at radius 1 is 1.14 bits per heavy atom. The van der Waals surface area contributed by atoms with E-state index < -0.39 is 5.41 Å². The van der Waals surface area contributed by atoms with Gasteiger partial charge in [0.2, 0.25) is 17.6 Å². The van der Waals surface area contributed by atoms with Gasteiger partial charge in [0.15, 0.2) is 0 Å². The van der Waals surface area contributed by atoms with E-state index in [0.717, 1.165) is 42.6 Å². The van der Waals surface area contributed by atoms with Crippen molar-refractivity contribution in [2.24, 2.45) is 0 Å². The van der Waals surface area contributed by atoms with E-state index in [1.165, 1.54) is 0 Å². The Balaban J connectivity index is 1.52. The third-order valence-electron chi connectivity index (χ3n) is 5.71. The molecule has 29 heavy (non-hydrogen) atoms. The van der Waals surface area contributed by atoms with Gasteiger partial charge < -0.3 is 14.2 Å². The fourth-order valence-electron chi connectivity index (χ4n) is 4.20. The van der Waals surface area contributed by atoms with Crippen molar-refractivity contribution in [3.8, 4) is 17.1 Å². The molecular weight excluding hydrogens is 366 g/mol. The molecule has 0 radical (unpaired) electrons. The molecule has 1 aliphatic carbocycles. The van der Waals surface area contributed by atoms with Crippen molar-refractivity contribution in [3.05, 3.63) is 66.1 Å². The summed E-state index contributed by atoms with van der Waals surface area (Å²) in [6.45, 7) is 0.282. The lowest BCUT2D eigenvalue weighted by atomic mass is 9.77. The van der Waals surface area contributed by atoms with Crippen LogP contribution in [-0.2, 0) is 16.8 Å². The maximum absolute atomic E-state index is 13.5. The number of carbonyl (C=O) groups excluding carboxylic acids is 1. The van der Waals surface area contributed by atoms with Gasteiger partial charge in [-0.1, -0.05) is 60.5 Å². The average molecular weight is 391 g/mol. The Kier molecular flexibility index (Phi) is 5.34. The molecule has 4 rings (SSSR count). The number of benzene rings is 2. The molecule has 0 atom stereocenters. The number of nitrogens with zero attached hydrogens (tertiary/aromatic N) is 3. The molecule has 0 bridgehead atoms. The number of likely N-dealkylation sites (N-methyl/N-ethyl adjacent to an activating group) is 1. The summed E-state index contributed by atoms with van der Waals surface area (Å²) in [7, 11) is 3.42. The first-order valence-corrected chi connectivity index (χ1v) is 9.90. The van der Waals surface area contributed by atoms with Crippen LogP contribution < -0.4 is 4.74 Å². The molecule has 6 nitrogen and oxygen atoms in total. The summed E-state index contributed by atoms with van der Waals surface area (Å²) in [5, 5.41) is 4.07. The molecule has 0 aliphatic heterocycles. The van der Waals surface area contributed by atoms with Crippen LogP contribution in [0.1, 0.15) is 37.1 Å². The zero-order valence-electron chi connectivity index (χ0n) is 16.8. The second-order valence-electron chi connectivity index (χ2n) is 7.56. The summed E-state index contributed by atoms with van der Waals surface area (Å²) in [5.41, 5.74) is 1.45. The molecule has 1 amide bonds. The average Bonchev–Trinajstić information content (AvgIpc) is 3.44. The SMILES string of the molecule is COc1cccc(-c2noc(CN(C)C(=O)C3(c4ccccc4)CCCC3)n2)c1. The number of rotatable bonds is 6. The zero-order chi connectivity index (χ0) is 20.3. The monoisotopic (exact) mass is 391 g/mol. The Hall–Kier alpha value is -3.15. The minimum absolute atomic E-state index is 0.113. The second kappa shape index (κ2) is 8.07. The van der Waals surface area contributed by atoms with Crippen LogP contribution in [0.15, 0.2) is 59.1 Å². The van der Waals surface area contributed by atoms with E-state index in [0.29, 0.717) is 11.7 Å². The summed E-state index contributed by atoms with van der Waals surface area (Å²) in [4.78, 5) is 19.6. The van der Waals surface area contributed by atoms with Gasteiger partial charge in [0.1, 0.15) is 5.75 Å². The maximum Gasteiger partial charge on any atom is 0.246 e. The maximum atomic E-state index is 13.5. The summed E-state index contributed by atoms with van der Waals surface area (Å²) in [5.74, 6) is 1.74. The molecule has 3 aromatic rings. The molecular formula is C23H25N3O3. The van der Waals surface area contributed by atoms with Crippen LogP contribution in [0.5, 0.6) is 5.75 Å². The summed E-state index contributed by atoms with van der Waals surface area (Å²) < 4.78 is 10.7. The normalized spacial score (nSPS) is 15.2.